The average molecular weight is 663 g/mol. The van der Waals surface area contributed by atoms with E-state index in [1.165, 1.54) is 49.9 Å². The first-order chi connectivity index (χ1) is 24.5. The van der Waals surface area contributed by atoms with Gasteiger partial charge in [0, 0.05) is 16.1 Å². The normalized spacial score (nSPS) is 13.3. The van der Waals surface area contributed by atoms with Crippen LogP contribution in [0.4, 0.5) is 0 Å². The van der Waals surface area contributed by atoms with Crippen LogP contribution in [0, 0.1) is 0 Å². The van der Waals surface area contributed by atoms with Gasteiger partial charge in [-0.25, -0.2) is 0 Å². The fourth-order valence-electron chi connectivity index (χ4n) is 7.57. The molecule has 1 aliphatic rings. The van der Waals surface area contributed by atoms with E-state index >= 15 is 0 Å². The van der Waals surface area contributed by atoms with E-state index in [4.69, 9.17) is 16.6 Å². The lowest BCUT2D eigenvalue weighted by atomic mass is 9.84. The predicted molar refractivity (Wildman–Crippen MR) is 217 cm³/mol. The van der Waals surface area contributed by atoms with Crippen molar-refractivity contribution in [3.05, 3.63) is 190 Å². The van der Waals surface area contributed by atoms with Crippen LogP contribution in [0.1, 0.15) is 60.6 Å². The zero-order chi connectivity index (χ0) is 34.2. The van der Waals surface area contributed by atoms with Crippen LogP contribution in [-0.2, 0) is 6.42 Å². The first-order valence-electron chi connectivity index (χ1n) is 17.4. The quantitative estimate of drug-likeness (QED) is 0.0912. The molecule has 1 nitrogen and oxygen atoms in total. The second-order valence-corrected chi connectivity index (χ2v) is 13.4. The Labute approximate surface area is 299 Å². The van der Waals surface area contributed by atoms with Crippen molar-refractivity contribution in [2.45, 2.75) is 33.6 Å². The predicted octanol–water partition coefficient (Wildman–Crippen LogP) is 13.4. The molecule has 50 heavy (non-hydrogen) atoms. The molecular weight excluding hydrogens is 625 g/mol. The van der Waals surface area contributed by atoms with E-state index in [0.29, 0.717) is 0 Å². The molecule has 0 radical (unpaired) electrons. The number of furan rings is 1. The summed E-state index contributed by atoms with van der Waals surface area (Å²) in [5, 5.41) is 4.13. The Kier molecular flexibility index (Phi) is 8.48. The summed E-state index contributed by atoms with van der Waals surface area (Å²) in [6.07, 6.45) is 6.41. The van der Waals surface area contributed by atoms with Crippen LogP contribution in [0.5, 0.6) is 0 Å². The summed E-state index contributed by atoms with van der Waals surface area (Å²) in [5.41, 5.74) is 18.7. The lowest BCUT2D eigenvalue weighted by Gasteiger charge is -2.20. The molecular formula is C48H38OS. The number of fused-ring (bicyclic) bond motifs is 6. The van der Waals surface area contributed by atoms with Gasteiger partial charge in [-0.2, -0.15) is 0 Å². The van der Waals surface area contributed by atoms with Gasteiger partial charge in [0.15, 0.2) is 0 Å². The maximum Gasteiger partial charge on any atom is 0.136 e. The van der Waals surface area contributed by atoms with Gasteiger partial charge in [0.05, 0.1) is 0 Å². The molecule has 0 unspecified atom stereocenters. The van der Waals surface area contributed by atoms with Crippen molar-refractivity contribution in [1.29, 1.82) is 0 Å². The van der Waals surface area contributed by atoms with Crippen molar-refractivity contribution in [3.63, 3.8) is 0 Å². The SMILES string of the molecule is CC/C=C\C(C)=C(/c1ccc2c(c1)oc1cc3c(cc12)Cc1ccccc1-3)c1ccccc1/C(=C(\C)C=S)c1ccc(-c2ccccc2)cc1. The summed E-state index contributed by atoms with van der Waals surface area (Å²) in [4.78, 5) is 0. The van der Waals surface area contributed by atoms with Crippen molar-refractivity contribution in [2.24, 2.45) is 0 Å². The number of hydrogen-bond donors (Lipinski definition) is 0. The highest BCUT2D eigenvalue weighted by Crippen LogP contribution is 2.43. The molecule has 0 saturated carbocycles. The summed E-state index contributed by atoms with van der Waals surface area (Å²) >= 11 is 5.58. The minimum atomic E-state index is 0.902. The van der Waals surface area contributed by atoms with E-state index in [1.54, 1.807) is 5.37 Å². The summed E-state index contributed by atoms with van der Waals surface area (Å²) in [6, 6.07) is 48.1. The Balaban J connectivity index is 1.27. The Morgan fingerprint density at radius 1 is 0.600 bits per heavy atom. The molecule has 0 aliphatic heterocycles. The number of rotatable bonds is 8. The molecule has 1 aromatic heterocycles. The number of allylic oxidation sites excluding steroid dienone is 4. The van der Waals surface area contributed by atoms with Crippen molar-refractivity contribution < 1.29 is 4.42 Å². The summed E-state index contributed by atoms with van der Waals surface area (Å²) in [7, 11) is 0. The lowest BCUT2D eigenvalue weighted by Crippen LogP contribution is -2.01. The van der Waals surface area contributed by atoms with Crippen molar-refractivity contribution in [2.75, 3.05) is 0 Å². The second kappa shape index (κ2) is 13.4. The maximum absolute atomic E-state index is 6.66. The first-order valence-corrected chi connectivity index (χ1v) is 17.9. The molecule has 242 valence electrons. The van der Waals surface area contributed by atoms with Crippen LogP contribution in [0.2, 0.25) is 0 Å². The number of benzene rings is 6. The van der Waals surface area contributed by atoms with Gasteiger partial charge in [-0.05, 0) is 129 Å². The van der Waals surface area contributed by atoms with Crippen LogP contribution < -0.4 is 0 Å². The number of hydrogen-bond acceptors (Lipinski definition) is 2. The van der Waals surface area contributed by atoms with E-state index in [9.17, 15) is 0 Å². The van der Waals surface area contributed by atoms with Crippen LogP contribution in [0.15, 0.2) is 161 Å². The third kappa shape index (κ3) is 5.66. The minimum Gasteiger partial charge on any atom is -0.456 e. The Bertz CT molecular complexity index is 2500. The van der Waals surface area contributed by atoms with Crippen LogP contribution in [0.25, 0.3) is 55.3 Å². The molecule has 1 heterocycles. The highest BCUT2D eigenvalue weighted by Gasteiger charge is 2.22. The van der Waals surface area contributed by atoms with Gasteiger partial charge in [0.2, 0.25) is 0 Å². The Hall–Kier alpha value is -5.57. The van der Waals surface area contributed by atoms with Crippen molar-refractivity contribution in [1.82, 2.24) is 0 Å². The van der Waals surface area contributed by atoms with Gasteiger partial charge >= 0.3 is 0 Å². The van der Waals surface area contributed by atoms with Gasteiger partial charge in [0.1, 0.15) is 11.2 Å². The lowest BCUT2D eigenvalue weighted by molar-refractivity contribution is 0.669. The van der Waals surface area contributed by atoms with Crippen LogP contribution in [-0.4, -0.2) is 5.37 Å². The monoisotopic (exact) mass is 662 g/mol. The molecule has 0 spiro atoms. The topological polar surface area (TPSA) is 13.1 Å². The standard InChI is InChI=1S/C48H38OS/c1-4-5-13-31(2)47(37-24-25-40-44-27-38-26-36-16-9-10-17-39(36)43(38)29-46(44)49-45(40)28-37)41-18-11-12-19-42(41)48(32(3)30-50)35-22-20-34(21-23-35)33-14-7-6-8-15-33/h5-25,27-30H,4,26H2,1-3H3/b13-5-,47-31+,48-32+. The Morgan fingerprint density at radius 2 is 1.24 bits per heavy atom. The van der Waals surface area contributed by atoms with E-state index < -0.39 is 0 Å². The van der Waals surface area contributed by atoms with E-state index in [2.05, 4.69) is 166 Å². The fraction of sp³-hybridized carbons (Fsp3) is 0.104. The molecule has 0 saturated heterocycles. The molecule has 0 atom stereocenters. The third-order valence-electron chi connectivity index (χ3n) is 9.99. The maximum atomic E-state index is 6.66. The van der Waals surface area contributed by atoms with Gasteiger partial charge in [0.25, 0.3) is 0 Å². The van der Waals surface area contributed by atoms with Gasteiger partial charge in [-0.3, -0.25) is 0 Å². The Morgan fingerprint density at radius 3 is 1.98 bits per heavy atom. The first kappa shape index (κ1) is 31.7. The summed E-state index contributed by atoms with van der Waals surface area (Å²) in [5.74, 6) is 0. The molecule has 7 aromatic rings. The van der Waals surface area contributed by atoms with E-state index in [1.807, 2.05) is 0 Å². The zero-order valence-electron chi connectivity index (χ0n) is 28.7. The molecule has 0 N–H and O–H groups in total. The minimum absolute atomic E-state index is 0.902. The molecule has 0 amide bonds. The van der Waals surface area contributed by atoms with Crippen molar-refractivity contribution >= 4 is 50.7 Å². The third-order valence-corrected chi connectivity index (χ3v) is 10.3. The molecule has 8 rings (SSSR count). The zero-order valence-corrected chi connectivity index (χ0v) is 29.5. The summed E-state index contributed by atoms with van der Waals surface area (Å²) < 4.78 is 6.66. The van der Waals surface area contributed by atoms with Crippen molar-refractivity contribution in [3.8, 4) is 22.3 Å². The average Bonchev–Trinajstić information content (AvgIpc) is 3.71. The van der Waals surface area contributed by atoms with Crippen LogP contribution in [0.3, 0.4) is 0 Å². The second-order valence-electron chi connectivity index (χ2n) is 13.2. The molecule has 2 heteroatoms. The highest BCUT2D eigenvalue weighted by molar-refractivity contribution is 7.79. The smallest absolute Gasteiger partial charge is 0.136 e. The number of thiocarbonyl (C=S) groups is 1. The highest BCUT2D eigenvalue weighted by atomic mass is 32.1. The van der Waals surface area contributed by atoms with E-state index in [0.717, 1.165) is 62.8 Å². The molecule has 0 fully saturated rings. The van der Waals surface area contributed by atoms with Gasteiger partial charge in [-0.15, -0.1) is 0 Å². The van der Waals surface area contributed by atoms with Gasteiger partial charge < -0.3 is 4.42 Å². The molecule has 6 aromatic carbocycles. The summed E-state index contributed by atoms with van der Waals surface area (Å²) in [6.45, 7) is 6.51. The molecule has 0 bridgehead atoms. The molecule has 1 aliphatic carbocycles. The fourth-order valence-corrected chi connectivity index (χ4v) is 7.69. The van der Waals surface area contributed by atoms with Gasteiger partial charge in [-0.1, -0.05) is 140 Å². The van der Waals surface area contributed by atoms with Crippen LogP contribution >= 0.6 is 12.2 Å². The van der Waals surface area contributed by atoms with E-state index in [-0.39, 0.29) is 0 Å². The largest absolute Gasteiger partial charge is 0.456 e.